The Kier molecular flexibility index (Phi) is 5.28. The minimum atomic E-state index is -3.90. The molecule has 0 atom stereocenters. The van der Waals surface area contributed by atoms with Crippen LogP contribution in [-0.4, -0.2) is 60.8 Å². The predicted octanol–water partition coefficient (Wildman–Crippen LogP) is 1.28. The van der Waals surface area contributed by atoms with Crippen LogP contribution in [-0.2, 0) is 14.8 Å². The second-order valence-electron chi connectivity index (χ2n) is 5.09. The first-order chi connectivity index (χ1) is 10.8. The summed E-state index contributed by atoms with van der Waals surface area (Å²) in [6.07, 6.45) is 0.374. The Balaban J connectivity index is 2.25. The van der Waals surface area contributed by atoms with E-state index >= 15 is 0 Å². The molecule has 1 saturated heterocycles. The number of carbonyl (C=O) groups is 2. The molecule has 1 amide bonds. The SMILES string of the molecule is CCC(=O)N1CCN(S(=O)(=O)c2cc(C(=O)O)ccc2Cl)CC1. The average Bonchev–Trinajstić information content (AvgIpc) is 2.54. The van der Waals surface area contributed by atoms with Crippen molar-refractivity contribution in [3.05, 3.63) is 28.8 Å². The van der Waals surface area contributed by atoms with Gasteiger partial charge in [-0.1, -0.05) is 18.5 Å². The van der Waals surface area contributed by atoms with E-state index in [0.29, 0.717) is 19.5 Å². The van der Waals surface area contributed by atoms with Gasteiger partial charge in [-0.05, 0) is 18.2 Å². The third-order valence-corrected chi connectivity index (χ3v) is 6.07. The lowest BCUT2D eigenvalue weighted by atomic mass is 10.2. The van der Waals surface area contributed by atoms with E-state index in [9.17, 15) is 18.0 Å². The molecule has 1 aromatic rings. The van der Waals surface area contributed by atoms with Crippen molar-refractivity contribution in [2.75, 3.05) is 26.2 Å². The number of carboxylic acid groups (broad SMARTS) is 1. The molecule has 0 saturated carbocycles. The maximum Gasteiger partial charge on any atom is 0.335 e. The molecule has 9 heteroatoms. The zero-order valence-corrected chi connectivity index (χ0v) is 14.1. The summed E-state index contributed by atoms with van der Waals surface area (Å²) >= 11 is 5.94. The molecule has 0 aliphatic carbocycles. The highest BCUT2D eigenvalue weighted by molar-refractivity contribution is 7.89. The fraction of sp³-hybridized carbons (Fsp3) is 0.429. The van der Waals surface area contributed by atoms with E-state index in [0.717, 1.165) is 6.07 Å². The molecule has 1 aromatic carbocycles. The van der Waals surface area contributed by atoms with Crippen LogP contribution in [0.4, 0.5) is 0 Å². The van der Waals surface area contributed by atoms with E-state index in [1.165, 1.54) is 16.4 Å². The van der Waals surface area contributed by atoms with Crippen LogP contribution in [0.2, 0.25) is 5.02 Å². The molecule has 1 aliphatic heterocycles. The van der Waals surface area contributed by atoms with Gasteiger partial charge in [-0.25, -0.2) is 13.2 Å². The number of rotatable bonds is 4. The molecule has 0 spiro atoms. The summed E-state index contributed by atoms with van der Waals surface area (Å²) < 4.78 is 26.6. The second kappa shape index (κ2) is 6.86. The van der Waals surface area contributed by atoms with Crippen LogP contribution < -0.4 is 0 Å². The molecule has 1 N–H and O–H groups in total. The molecule has 0 bridgehead atoms. The van der Waals surface area contributed by atoms with Crippen LogP contribution in [0.15, 0.2) is 23.1 Å². The van der Waals surface area contributed by atoms with Crippen LogP contribution in [0, 0.1) is 0 Å². The quantitative estimate of drug-likeness (QED) is 0.872. The van der Waals surface area contributed by atoms with E-state index in [1.807, 2.05) is 0 Å². The molecule has 7 nitrogen and oxygen atoms in total. The molecule has 0 aromatic heterocycles. The zero-order valence-electron chi connectivity index (χ0n) is 12.5. The fourth-order valence-electron chi connectivity index (χ4n) is 2.37. The van der Waals surface area contributed by atoms with Gasteiger partial charge in [0.05, 0.1) is 10.6 Å². The van der Waals surface area contributed by atoms with Crippen LogP contribution in [0.5, 0.6) is 0 Å². The summed E-state index contributed by atoms with van der Waals surface area (Å²) in [5.74, 6) is -1.25. The van der Waals surface area contributed by atoms with Crippen molar-refractivity contribution in [2.45, 2.75) is 18.2 Å². The summed E-state index contributed by atoms with van der Waals surface area (Å²) in [6.45, 7) is 2.68. The Labute approximate surface area is 139 Å². The van der Waals surface area contributed by atoms with Crippen LogP contribution in [0.3, 0.4) is 0 Å². The minimum Gasteiger partial charge on any atom is -0.478 e. The third-order valence-electron chi connectivity index (χ3n) is 3.69. The fourth-order valence-corrected chi connectivity index (χ4v) is 4.30. The summed E-state index contributed by atoms with van der Waals surface area (Å²) in [5.41, 5.74) is -0.146. The van der Waals surface area contributed by atoms with Crippen LogP contribution >= 0.6 is 11.6 Å². The van der Waals surface area contributed by atoms with Gasteiger partial charge in [0, 0.05) is 32.6 Å². The summed E-state index contributed by atoms with van der Waals surface area (Å²) in [4.78, 5) is 24.0. The first kappa shape index (κ1) is 17.7. The lowest BCUT2D eigenvalue weighted by molar-refractivity contribution is -0.132. The topological polar surface area (TPSA) is 95.0 Å². The number of halogens is 1. The first-order valence-corrected chi connectivity index (χ1v) is 8.90. The number of amides is 1. The van der Waals surface area contributed by atoms with Crippen molar-refractivity contribution >= 4 is 33.5 Å². The standard InChI is InChI=1S/C14H17ClN2O5S/c1-2-13(18)16-5-7-17(8-6-16)23(21,22)12-9-10(14(19)20)3-4-11(12)15/h3-4,9H,2,5-8H2,1H3,(H,19,20). The molecule has 1 heterocycles. The number of sulfonamides is 1. The Morgan fingerprint density at radius 2 is 1.83 bits per heavy atom. The first-order valence-electron chi connectivity index (χ1n) is 7.08. The normalized spacial score (nSPS) is 16.3. The number of hydrogen-bond donors (Lipinski definition) is 1. The van der Waals surface area contributed by atoms with Crippen LogP contribution in [0.25, 0.3) is 0 Å². The van der Waals surface area contributed by atoms with E-state index < -0.39 is 16.0 Å². The van der Waals surface area contributed by atoms with Gasteiger partial charge in [0.15, 0.2) is 0 Å². The highest BCUT2D eigenvalue weighted by atomic mass is 35.5. The number of hydrogen-bond acceptors (Lipinski definition) is 4. The highest BCUT2D eigenvalue weighted by Gasteiger charge is 2.31. The number of carbonyl (C=O) groups excluding carboxylic acids is 1. The number of benzene rings is 1. The van der Waals surface area contributed by atoms with Crippen molar-refractivity contribution in [3.63, 3.8) is 0 Å². The maximum absolute atomic E-state index is 12.7. The average molecular weight is 361 g/mol. The van der Waals surface area contributed by atoms with Crippen molar-refractivity contribution in [3.8, 4) is 0 Å². The summed E-state index contributed by atoms with van der Waals surface area (Å²) in [6, 6.07) is 3.57. The molecular weight excluding hydrogens is 344 g/mol. The van der Waals surface area contributed by atoms with Gasteiger partial charge in [0.2, 0.25) is 15.9 Å². The number of nitrogens with zero attached hydrogens (tertiary/aromatic N) is 2. The lowest BCUT2D eigenvalue weighted by Crippen LogP contribution is -2.50. The van der Waals surface area contributed by atoms with Gasteiger partial charge in [0.25, 0.3) is 0 Å². The Morgan fingerprint density at radius 1 is 1.22 bits per heavy atom. The molecule has 2 rings (SSSR count). The number of carboxylic acids is 1. The van der Waals surface area contributed by atoms with Crippen LogP contribution in [0.1, 0.15) is 23.7 Å². The van der Waals surface area contributed by atoms with Crippen molar-refractivity contribution in [2.24, 2.45) is 0 Å². The molecule has 126 valence electrons. The van der Waals surface area contributed by atoms with Crippen molar-refractivity contribution < 1.29 is 23.1 Å². The maximum atomic E-state index is 12.7. The highest BCUT2D eigenvalue weighted by Crippen LogP contribution is 2.26. The smallest absolute Gasteiger partial charge is 0.335 e. The minimum absolute atomic E-state index is 0.0204. The van der Waals surface area contributed by atoms with Crippen molar-refractivity contribution in [1.82, 2.24) is 9.21 Å². The molecule has 0 radical (unpaired) electrons. The monoisotopic (exact) mass is 360 g/mol. The van der Waals surface area contributed by atoms with Gasteiger partial charge in [0.1, 0.15) is 4.90 Å². The summed E-state index contributed by atoms with van der Waals surface area (Å²) in [5, 5.41) is 8.98. The predicted molar refractivity (Wildman–Crippen MR) is 84.0 cm³/mol. The zero-order chi connectivity index (χ0) is 17.2. The Hall–Kier alpha value is -1.64. The van der Waals surface area contributed by atoms with Gasteiger partial charge in [-0.2, -0.15) is 4.31 Å². The van der Waals surface area contributed by atoms with Gasteiger partial charge in [-0.15, -0.1) is 0 Å². The number of aromatic carboxylic acids is 1. The van der Waals surface area contributed by atoms with Gasteiger partial charge < -0.3 is 10.0 Å². The molecular formula is C14H17ClN2O5S. The lowest BCUT2D eigenvalue weighted by Gasteiger charge is -2.34. The number of piperazine rings is 1. The van der Waals surface area contributed by atoms with Gasteiger partial charge in [-0.3, -0.25) is 4.79 Å². The molecule has 0 unspecified atom stereocenters. The van der Waals surface area contributed by atoms with E-state index in [1.54, 1.807) is 11.8 Å². The van der Waals surface area contributed by atoms with Gasteiger partial charge >= 0.3 is 5.97 Å². The van der Waals surface area contributed by atoms with Crippen molar-refractivity contribution in [1.29, 1.82) is 0 Å². The molecule has 1 aliphatic rings. The Morgan fingerprint density at radius 3 is 2.35 bits per heavy atom. The largest absolute Gasteiger partial charge is 0.478 e. The Bertz CT molecular complexity index is 727. The van der Waals surface area contributed by atoms with E-state index in [4.69, 9.17) is 16.7 Å². The molecule has 1 fully saturated rings. The van der Waals surface area contributed by atoms with E-state index in [-0.39, 0.29) is 34.5 Å². The molecule has 23 heavy (non-hydrogen) atoms. The van der Waals surface area contributed by atoms with E-state index in [2.05, 4.69) is 0 Å². The second-order valence-corrected chi connectivity index (χ2v) is 7.40. The third kappa shape index (κ3) is 3.65. The summed E-state index contributed by atoms with van der Waals surface area (Å²) in [7, 11) is -3.90.